The Balaban J connectivity index is 1.97. The van der Waals surface area contributed by atoms with E-state index >= 15 is 0 Å². The maximum atomic E-state index is 13.0. The summed E-state index contributed by atoms with van der Waals surface area (Å²) in [4.78, 5) is 2.26. The summed E-state index contributed by atoms with van der Waals surface area (Å²) in [5.41, 5.74) is 1.84. The van der Waals surface area contributed by atoms with Crippen LogP contribution >= 0.6 is 11.6 Å². The highest BCUT2D eigenvalue weighted by Crippen LogP contribution is 2.35. The molecule has 1 saturated heterocycles. The Kier molecular flexibility index (Phi) is 6.22. The third kappa shape index (κ3) is 4.29. The number of nitrogens with zero attached hydrogens (tertiary/aromatic N) is 1. The molecule has 0 saturated carbocycles. The lowest BCUT2D eigenvalue weighted by Crippen LogP contribution is -2.43. The van der Waals surface area contributed by atoms with Gasteiger partial charge in [-0.05, 0) is 36.8 Å². The Labute approximate surface area is 170 Å². The maximum absolute atomic E-state index is 13.0. The molecular weight excluding hydrogens is 402 g/mol. The predicted molar refractivity (Wildman–Crippen MR) is 112 cm³/mol. The first kappa shape index (κ1) is 20.6. The first-order chi connectivity index (χ1) is 13.4. The summed E-state index contributed by atoms with van der Waals surface area (Å²) in [6.07, 6.45) is 0. The second kappa shape index (κ2) is 8.46. The van der Waals surface area contributed by atoms with E-state index in [-0.39, 0.29) is 4.90 Å². The highest BCUT2D eigenvalue weighted by atomic mass is 35.5. The topological polar surface area (TPSA) is 79.9 Å². The van der Waals surface area contributed by atoms with Crippen molar-refractivity contribution in [2.45, 2.75) is 11.8 Å². The van der Waals surface area contributed by atoms with Crippen LogP contribution in [0.15, 0.2) is 35.2 Å². The summed E-state index contributed by atoms with van der Waals surface area (Å²) in [6.45, 7) is 5.02. The fourth-order valence-corrected chi connectivity index (χ4v) is 4.34. The van der Waals surface area contributed by atoms with E-state index < -0.39 is 10.0 Å². The van der Waals surface area contributed by atoms with E-state index in [1.807, 2.05) is 0 Å². The average Bonchev–Trinajstić information content (AvgIpc) is 2.70. The molecule has 2 N–H and O–H groups in total. The van der Waals surface area contributed by atoms with Gasteiger partial charge in [-0.15, -0.1) is 0 Å². The van der Waals surface area contributed by atoms with E-state index in [9.17, 15) is 8.42 Å². The molecule has 3 rings (SSSR count). The summed E-state index contributed by atoms with van der Waals surface area (Å²) in [5, 5.41) is 3.79. The van der Waals surface area contributed by atoms with Gasteiger partial charge in [-0.2, -0.15) is 0 Å². The molecule has 1 heterocycles. The largest absolute Gasteiger partial charge is 0.495 e. The Morgan fingerprint density at radius 2 is 1.75 bits per heavy atom. The number of hydrogen-bond acceptors (Lipinski definition) is 6. The number of benzene rings is 2. The van der Waals surface area contributed by atoms with Gasteiger partial charge in [0.2, 0.25) is 0 Å². The number of nitrogens with one attached hydrogen (secondary N) is 2. The first-order valence-electron chi connectivity index (χ1n) is 8.86. The quantitative estimate of drug-likeness (QED) is 0.740. The van der Waals surface area contributed by atoms with E-state index in [1.165, 1.54) is 13.2 Å². The van der Waals surface area contributed by atoms with Gasteiger partial charge in [0.15, 0.2) is 0 Å². The summed E-state index contributed by atoms with van der Waals surface area (Å²) in [7, 11) is -0.787. The summed E-state index contributed by atoms with van der Waals surface area (Å²) in [6, 6.07) is 8.09. The van der Waals surface area contributed by atoms with E-state index in [0.29, 0.717) is 22.2 Å². The molecular formula is C19H24ClN3O4S. The molecule has 2 aromatic rings. The van der Waals surface area contributed by atoms with Crippen LogP contribution in [0.2, 0.25) is 5.02 Å². The minimum Gasteiger partial charge on any atom is -0.495 e. The summed E-state index contributed by atoms with van der Waals surface area (Å²) >= 11 is 6.11. The van der Waals surface area contributed by atoms with E-state index in [2.05, 4.69) is 14.9 Å². The van der Waals surface area contributed by atoms with Crippen LogP contribution in [0.3, 0.4) is 0 Å². The lowest BCUT2D eigenvalue weighted by atomic mass is 10.2. The molecule has 1 aliphatic rings. The van der Waals surface area contributed by atoms with E-state index in [0.717, 1.165) is 37.4 Å². The Morgan fingerprint density at radius 3 is 2.39 bits per heavy atom. The van der Waals surface area contributed by atoms with Crippen LogP contribution in [0.1, 0.15) is 5.56 Å². The molecule has 1 fully saturated rings. The van der Waals surface area contributed by atoms with Crippen LogP contribution in [0, 0.1) is 6.92 Å². The van der Waals surface area contributed by atoms with Gasteiger partial charge in [-0.25, -0.2) is 8.42 Å². The van der Waals surface area contributed by atoms with Crippen LogP contribution in [-0.2, 0) is 10.0 Å². The molecule has 0 aromatic heterocycles. The lowest BCUT2D eigenvalue weighted by molar-refractivity contribution is 0.412. The van der Waals surface area contributed by atoms with Gasteiger partial charge in [0.05, 0.1) is 30.5 Å². The van der Waals surface area contributed by atoms with E-state index in [1.54, 1.807) is 38.3 Å². The minimum absolute atomic E-state index is 0.150. The number of hydrogen-bond donors (Lipinski definition) is 2. The van der Waals surface area contributed by atoms with Crippen molar-refractivity contribution in [3.05, 3.63) is 40.9 Å². The van der Waals surface area contributed by atoms with Gasteiger partial charge in [-0.3, -0.25) is 4.72 Å². The zero-order chi connectivity index (χ0) is 20.3. The highest BCUT2D eigenvalue weighted by molar-refractivity contribution is 7.92. The number of methoxy groups -OCH3 is 2. The maximum Gasteiger partial charge on any atom is 0.262 e. The van der Waals surface area contributed by atoms with Crippen LogP contribution in [-0.4, -0.2) is 48.8 Å². The van der Waals surface area contributed by atoms with Crippen molar-refractivity contribution < 1.29 is 17.9 Å². The van der Waals surface area contributed by atoms with Crippen molar-refractivity contribution in [1.82, 2.24) is 5.32 Å². The van der Waals surface area contributed by atoms with Crippen molar-refractivity contribution in [1.29, 1.82) is 0 Å². The van der Waals surface area contributed by atoms with Crippen molar-refractivity contribution in [3.63, 3.8) is 0 Å². The number of rotatable bonds is 6. The van der Waals surface area contributed by atoms with Gasteiger partial charge in [0.1, 0.15) is 11.5 Å². The number of aryl methyl sites for hydroxylation is 1. The third-order valence-corrected chi connectivity index (χ3v) is 6.41. The fraction of sp³-hybridized carbons (Fsp3) is 0.368. The zero-order valence-electron chi connectivity index (χ0n) is 16.1. The molecule has 7 nitrogen and oxygen atoms in total. The Morgan fingerprint density at radius 1 is 1.07 bits per heavy atom. The Bertz CT molecular complexity index is 960. The number of halogens is 1. The lowest BCUT2D eigenvalue weighted by Gasteiger charge is -2.30. The van der Waals surface area contributed by atoms with Crippen molar-refractivity contribution in [3.8, 4) is 11.5 Å². The SMILES string of the molecule is COc1cc(Cl)c(C)cc1NS(=O)(=O)c1ccc(OC)c(N2CCNCC2)c1. The summed E-state index contributed by atoms with van der Waals surface area (Å²) < 4.78 is 39.4. The second-order valence-corrected chi connectivity index (χ2v) is 8.57. The summed E-state index contributed by atoms with van der Waals surface area (Å²) in [5.74, 6) is 0.996. The number of ether oxygens (including phenoxy) is 2. The van der Waals surface area contributed by atoms with Gasteiger partial charge >= 0.3 is 0 Å². The molecule has 9 heteroatoms. The van der Waals surface area contributed by atoms with Crippen molar-refractivity contribution >= 4 is 33.0 Å². The third-order valence-electron chi connectivity index (χ3n) is 4.64. The smallest absolute Gasteiger partial charge is 0.262 e. The average molecular weight is 426 g/mol. The number of sulfonamides is 1. The van der Waals surface area contributed by atoms with Gasteiger partial charge in [0.25, 0.3) is 10.0 Å². The molecule has 0 spiro atoms. The van der Waals surface area contributed by atoms with Crippen LogP contribution in [0.25, 0.3) is 0 Å². The molecule has 0 atom stereocenters. The first-order valence-corrected chi connectivity index (χ1v) is 10.7. The predicted octanol–water partition coefficient (Wildman–Crippen LogP) is 2.88. The standard InChI is InChI=1S/C19H24ClN3O4S/c1-13-10-16(19(27-3)12-15(13)20)22-28(24,25)14-4-5-18(26-2)17(11-14)23-8-6-21-7-9-23/h4-5,10-12,21-22H,6-9H2,1-3H3. The second-order valence-electron chi connectivity index (χ2n) is 6.48. The van der Waals surface area contributed by atoms with Gasteiger partial charge in [-0.1, -0.05) is 11.6 Å². The van der Waals surface area contributed by atoms with E-state index in [4.69, 9.17) is 21.1 Å². The van der Waals surface area contributed by atoms with Crippen molar-refractivity contribution in [2.24, 2.45) is 0 Å². The fourth-order valence-electron chi connectivity index (χ4n) is 3.11. The highest BCUT2D eigenvalue weighted by Gasteiger charge is 2.22. The van der Waals surface area contributed by atoms with Crippen LogP contribution in [0.4, 0.5) is 11.4 Å². The normalized spacial score (nSPS) is 14.6. The monoisotopic (exact) mass is 425 g/mol. The molecule has 0 unspecified atom stereocenters. The molecule has 152 valence electrons. The van der Waals surface area contributed by atoms with Crippen molar-refractivity contribution in [2.75, 3.05) is 50.0 Å². The number of piperazine rings is 1. The molecule has 0 bridgehead atoms. The Hall–Kier alpha value is -2.16. The zero-order valence-corrected chi connectivity index (χ0v) is 17.7. The molecule has 0 radical (unpaired) electrons. The molecule has 28 heavy (non-hydrogen) atoms. The molecule has 0 amide bonds. The molecule has 2 aromatic carbocycles. The van der Waals surface area contributed by atoms with Crippen LogP contribution in [0.5, 0.6) is 11.5 Å². The van der Waals surface area contributed by atoms with Crippen LogP contribution < -0.4 is 24.4 Å². The van der Waals surface area contributed by atoms with Gasteiger partial charge in [0, 0.05) is 37.3 Å². The number of anilines is 2. The molecule has 1 aliphatic heterocycles. The minimum atomic E-state index is -3.83. The molecule has 0 aliphatic carbocycles. The van der Waals surface area contributed by atoms with Gasteiger partial charge < -0.3 is 19.7 Å².